The number of carboxylic acids is 3. The van der Waals surface area contributed by atoms with Crippen LogP contribution in [0.5, 0.6) is 0 Å². The van der Waals surface area contributed by atoms with E-state index in [2.05, 4.69) is 0 Å². The van der Waals surface area contributed by atoms with Crippen molar-refractivity contribution in [2.45, 2.75) is 20.8 Å². The summed E-state index contributed by atoms with van der Waals surface area (Å²) in [6.45, 7) is 2.92. The summed E-state index contributed by atoms with van der Waals surface area (Å²) < 4.78 is 0. The zero-order valence-corrected chi connectivity index (χ0v) is 9.84. The van der Waals surface area contributed by atoms with Gasteiger partial charge in [-0.2, -0.15) is 0 Å². The molecule has 0 radical (unpaired) electrons. The summed E-state index contributed by atoms with van der Waals surface area (Å²) in [5.41, 5.74) is 0. The van der Waals surface area contributed by atoms with Crippen LogP contribution in [0.15, 0.2) is 0 Å². The normalized spacial score (nSPS) is 5.77. The van der Waals surface area contributed by atoms with Gasteiger partial charge in [0.15, 0.2) is 0 Å². The standard InChI is InChI=1S/3C2H4O2.Os/c3*1-2(3)4;/h3*1H3,(H,3,4);/p-3. The van der Waals surface area contributed by atoms with Gasteiger partial charge in [0.05, 0.1) is 0 Å². The number of aliphatic carboxylic acids is 3. The minimum absolute atomic E-state index is 0. The molecule has 0 aromatic carbocycles. The quantitative estimate of drug-likeness (QED) is 0.434. The van der Waals surface area contributed by atoms with Gasteiger partial charge in [-0.25, -0.2) is 0 Å². The topological polar surface area (TPSA) is 120 Å². The molecule has 0 atom stereocenters. The van der Waals surface area contributed by atoms with E-state index in [4.69, 9.17) is 29.7 Å². The molecule has 0 unspecified atom stereocenters. The van der Waals surface area contributed by atoms with Gasteiger partial charge in [0.25, 0.3) is 0 Å². The summed E-state index contributed by atoms with van der Waals surface area (Å²) >= 11 is 0. The van der Waals surface area contributed by atoms with E-state index in [1.165, 1.54) is 0 Å². The van der Waals surface area contributed by atoms with Gasteiger partial charge < -0.3 is 29.7 Å². The molecule has 0 aliphatic carbocycles. The predicted octanol–water partition coefficient (Wildman–Crippen LogP) is -3.73. The molecule has 0 N–H and O–H groups in total. The minimum Gasteiger partial charge on any atom is -0.550 e. The molecule has 80 valence electrons. The van der Waals surface area contributed by atoms with Crippen molar-refractivity contribution >= 4 is 17.9 Å². The Kier molecular flexibility index (Phi) is 30.1. The molecule has 0 aromatic heterocycles. The first-order valence-electron chi connectivity index (χ1n) is 2.72. The van der Waals surface area contributed by atoms with E-state index in [-0.39, 0.29) is 19.8 Å². The average Bonchev–Trinajstić information content (AvgIpc) is 1.54. The van der Waals surface area contributed by atoms with E-state index in [0.29, 0.717) is 0 Å². The van der Waals surface area contributed by atoms with Gasteiger partial charge in [-0.15, -0.1) is 0 Å². The van der Waals surface area contributed by atoms with Crippen molar-refractivity contribution in [3.63, 3.8) is 0 Å². The number of hydrogen-bond acceptors (Lipinski definition) is 6. The predicted molar refractivity (Wildman–Crippen MR) is 32.0 cm³/mol. The van der Waals surface area contributed by atoms with Crippen LogP contribution < -0.4 is 15.3 Å². The average molecular weight is 367 g/mol. The summed E-state index contributed by atoms with van der Waals surface area (Å²) in [6, 6.07) is 0. The second-order valence-corrected chi connectivity index (χ2v) is 1.47. The van der Waals surface area contributed by atoms with Crippen molar-refractivity contribution in [1.29, 1.82) is 0 Å². The van der Waals surface area contributed by atoms with Crippen LogP contribution in [0.2, 0.25) is 0 Å². The number of carboxylic acid groups (broad SMARTS) is 3. The van der Waals surface area contributed by atoms with Crippen LogP contribution in [-0.4, -0.2) is 17.9 Å². The van der Waals surface area contributed by atoms with E-state index in [9.17, 15) is 0 Å². The zero-order chi connectivity index (χ0) is 10.7. The molecule has 0 aliphatic heterocycles. The zero-order valence-electron chi connectivity index (χ0n) is 7.30. The maximum atomic E-state index is 8.89. The third kappa shape index (κ3) is 994. The molecule has 0 heterocycles. The molecule has 7 heteroatoms. The van der Waals surface area contributed by atoms with Gasteiger partial charge >= 0.3 is 0 Å². The first kappa shape index (κ1) is 22.7. The molecular weight excluding hydrogens is 358 g/mol. The van der Waals surface area contributed by atoms with Crippen LogP contribution in [0.1, 0.15) is 20.8 Å². The number of carbonyl (C=O) groups excluding carboxylic acids is 3. The third-order valence-electron chi connectivity index (χ3n) is 0. The molecule has 0 aliphatic rings. The number of carbonyl (C=O) groups is 3. The van der Waals surface area contributed by atoms with Crippen LogP contribution >= 0.6 is 0 Å². The van der Waals surface area contributed by atoms with E-state index in [1.54, 1.807) is 0 Å². The van der Waals surface area contributed by atoms with Gasteiger partial charge in [0.2, 0.25) is 0 Å². The Morgan fingerprint density at radius 1 is 0.692 bits per heavy atom. The van der Waals surface area contributed by atoms with Gasteiger partial charge in [0, 0.05) is 37.7 Å². The van der Waals surface area contributed by atoms with Crippen LogP contribution in [0.4, 0.5) is 0 Å². The fraction of sp³-hybridized carbons (Fsp3) is 0.500. The summed E-state index contributed by atoms with van der Waals surface area (Å²) in [7, 11) is 0. The minimum atomic E-state index is -1.08. The summed E-state index contributed by atoms with van der Waals surface area (Å²) in [5.74, 6) is -3.25. The van der Waals surface area contributed by atoms with Crippen molar-refractivity contribution in [1.82, 2.24) is 0 Å². The smallest absolute Gasteiger partial charge is 0.0383 e. The van der Waals surface area contributed by atoms with Crippen molar-refractivity contribution in [2.75, 3.05) is 0 Å². The molecule has 0 bridgehead atoms. The van der Waals surface area contributed by atoms with Crippen molar-refractivity contribution < 1.29 is 49.5 Å². The SMILES string of the molecule is CC(=O)[O-].CC(=O)[O-].CC(=O)[O-].[Os]. The molecular formula is C6H9O6Os-3. The Morgan fingerprint density at radius 2 is 0.692 bits per heavy atom. The van der Waals surface area contributed by atoms with E-state index in [1.807, 2.05) is 0 Å². The number of hydrogen-bond donors (Lipinski definition) is 0. The van der Waals surface area contributed by atoms with Gasteiger partial charge in [0.1, 0.15) is 0 Å². The largest absolute Gasteiger partial charge is 0.550 e. The first-order valence-corrected chi connectivity index (χ1v) is 2.72. The Bertz CT molecular complexity index is 115. The van der Waals surface area contributed by atoms with Crippen LogP contribution in [0, 0.1) is 0 Å². The van der Waals surface area contributed by atoms with Crippen LogP contribution in [-0.2, 0) is 34.2 Å². The fourth-order valence-electron chi connectivity index (χ4n) is 0. The molecule has 0 saturated heterocycles. The Labute approximate surface area is 88.6 Å². The maximum Gasteiger partial charge on any atom is 0.0383 e. The summed E-state index contributed by atoms with van der Waals surface area (Å²) in [4.78, 5) is 26.7. The van der Waals surface area contributed by atoms with Gasteiger partial charge in [-0.05, 0) is 20.8 Å². The maximum absolute atomic E-state index is 8.89. The van der Waals surface area contributed by atoms with Gasteiger partial charge in [-0.1, -0.05) is 0 Å². The third-order valence-corrected chi connectivity index (χ3v) is 0. The molecule has 0 amide bonds. The van der Waals surface area contributed by atoms with Crippen LogP contribution in [0.25, 0.3) is 0 Å². The monoisotopic (exact) mass is 369 g/mol. The molecule has 6 nitrogen and oxygen atoms in total. The van der Waals surface area contributed by atoms with E-state index < -0.39 is 17.9 Å². The second-order valence-electron chi connectivity index (χ2n) is 1.47. The molecule has 0 saturated carbocycles. The van der Waals surface area contributed by atoms with E-state index in [0.717, 1.165) is 20.8 Å². The fourth-order valence-corrected chi connectivity index (χ4v) is 0. The first-order chi connectivity index (χ1) is 5.20. The number of rotatable bonds is 0. The Hall–Kier alpha value is -0.954. The Morgan fingerprint density at radius 3 is 0.692 bits per heavy atom. The summed E-state index contributed by atoms with van der Waals surface area (Å²) in [5, 5.41) is 26.7. The molecule has 13 heavy (non-hydrogen) atoms. The molecule has 0 rings (SSSR count). The van der Waals surface area contributed by atoms with Crippen molar-refractivity contribution in [3.05, 3.63) is 0 Å². The molecule has 0 fully saturated rings. The van der Waals surface area contributed by atoms with Crippen molar-refractivity contribution in [3.8, 4) is 0 Å². The van der Waals surface area contributed by atoms with E-state index >= 15 is 0 Å². The molecule has 0 spiro atoms. The van der Waals surface area contributed by atoms with Crippen LogP contribution in [0.3, 0.4) is 0 Å². The second kappa shape index (κ2) is 17.2. The van der Waals surface area contributed by atoms with Gasteiger partial charge in [-0.3, -0.25) is 0 Å². The Balaban J connectivity index is -0.0000000450. The van der Waals surface area contributed by atoms with Crippen molar-refractivity contribution in [2.24, 2.45) is 0 Å². The molecule has 0 aromatic rings. The summed E-state index contributed by atoms with van der Waals surface area (Å²) in [6.07, 6.45) is 0.